The van der Waals surface area contributed by atoms with Gasteiger partial charge in [0.1, 0.15) is 5.82 Å². The van der Waals surface area contributed by atoms with Gasteiger partial charge in [0, 0.05) is 18.5 Å². The second kappa shape index (κ2) is 6.92. The molecule has 0 unspecified atom stereocenters. The lowest BCUT2D eigenvalue weighted by atomic mass is 9.84. The maximum absolute atomic E-state index is 13.9. The zero-order chi connectivity index (χ0) is 15.3. The van der Waals surface area contributed by atoms with Crippen LogP contribution in [-0.2, 0) is 5.41 Å². The average Bonchev–Trinajstić information content (AvgIpc) is 2.74. The minimum atomic E-state index is -0.359. The summed E-state index contributed by atoms with van der Waals surface area (Å²) in [6, 6.07) is 6.90. The highest BCUT2D eigenvalue weighted by molar-refractivity contribution is 5.78. The predicted octanol–water partition coefficient (Wildman–Crippen LogP) is 3.29. The second-order valence-corrected chi connectivity index (χ2v) is 6.44. The Labute approximate surface area is 127 Å². The van der Waals surface area contributed by atoms with Gasteiger partial charge in [0.05, 0.1) is 6.54 Å². The van der Waals surface area contributed by atoms with E-state index in [-0.39, 0.29) is 11.2 Å². The van der Waals surface area contributed by atoms with Gasteiger partial charge < -0.3 is 10.6 Å². The number of hydrogen-bond acceptors (Lipinski definition) is 1. The standard InChI is InChI=1S/C17H26FN3/c1-17(2,14-9-5-6-10-15(14)18)13-20-16(19)21-11-7-3-4-8-12-21/h5-6,9-10H,3-4,7-8,11-13H2,1-2H3,(H2,19,20). The van der Waals surface area contributed by atoms with Crippen molar-refractivity contribution < 1.29 is 4.39 Å². The van der Waals surface area contributed by atoms with Gasteiger partial charge in [-0.1, -0.05) is 44.9 Å². The first-order valence-electron chi connectivity index (χ1n) is 7.80. The SMILES string of the molecule is CC(C)(CN=C(N)N1CCCCCC1)c1ccccc1F. The van der Waals surface area contributed by atoms with Gasteiger partial charge in [-0.25, -0.2) is 4.39 Å². The van der Waals surface area contributed by atoms with E-state index in [0.29, 0.717) is 18.1 Å². The van der Waals surface area contributed by atoms with Gasteiger partial charge in [0.25, 0.3) is 0 Å². The third-order valence-electron chi connectivity index (χ3n) is 4.17. The molecule has 1 fully saturated rings. The Hall–Kier alpha value is -1.58. The highest BCUT2D eigenvalue weighted by atomic mass is 19.1. The monoisotopic (exact) mass is 291 g/mol. The molecule has 4 heteroatoms. The Kier molecular flexibility index (Phi) is 5.21. The first kappa shape index (κ1) is 15.8. The molecule has 0 aliphatic carbocycles. The van der Waals surface area contributed by atoms with Gasteiger partial charge in [-0.05, 0) is 24.5 Å². The molecule has 0 aromatic heterocycles. The number of nitrogens with two attached hydrogens (primary N) is 1. The molecule has 116 valence electrons. The summed E-state index contributed by atoms with van der Waals surface area (Å²) in [5.74, 6) is 0.423. The Morgan fingerprint density at radius 3 is 2.43 bits per heavy atom. The molecule has 0 saturated carbocycles. The van der Waals surface area contributed by atoms with Gasteiger partial charge in [-0.2, -0.15) is 0 Å². The van der Waals surface area contributed by atoms with E-state index >= 15 is 0 Å². The van der Waals surface area contributed by atoms with Crippen LogP contribution >= 0.6 is 0 Å². The van der Waals surface area contributed by atoms with Crippen molar-refractivity contribution in [3.63, 3.8) is 0 Å². The third-order valence-corrected chi connectivity index (χ3v) is 4.17. The second-order valence-electron chi connectivity index (χ2n) is 6.44. The van der Waals surface area contributed by atoms with Crippen LogP contribution in [0.3, 0.4) is 0 Å². The fraction of sp³-hybridized carbons (Fsp3) is 0.588. The average molecular weight is 291 g/mol. The zero-order valence-electron chi connectivity index (χ0n) is 13.1. The van der Waals surface area contributed by atoms with E-state index in [2.05, 4.69) is 9.89 Å². The summed E-state index contributed by atoms with van der Waals surface area (Å²) in [6.07, 6.45) is 4.88. The minimum absolute atomic E-state index is 0.175. The van der Waals surface area contributed by atoms with Gasteiger partial charge in [0.2, 0.25) is 0 Å². The summed E-state index contributed by atoms with van der Waals surface area (Å²) in [4.78, 5) is 6.69. The summed E-state index contributed by atoms with van der Waals surface area (Å²) >= 11 is 0. The normalized spacial score (nSPS) is 17.7. The third kappa shape index (κ3) is 4.19. The molecule has 3 nitrogen and oxygen atoms in total. The van der Waals surface area contributed by atoms with E-state index in [9.17, 15) is 4.39 Å². The lowest BCUT2D eigenvalue weighted by molar-refractivity contribution is 0.423. The molecule has 0 spiro atoms. The van der Waals surface area contributed by atoms with Gasteiger partial charge in [-0.15, -0.1) is 0 Å². The fourth-order valence-electron chi connectivity index (χ4n) is 2.77. The van der Waals surface area contributed by atoms with Crippen LogP contribution in [0.25, 0.3) is 0 Å². The smallest absolute Gasteiger partial charge is 0.191 e. The number of benzene rings is 1. The fourth-order valence-corrected chi connectivity index (χ4v) is 2.77. The van der Waals surface area contributed by atoms with E-state index in [1.165, 1.54) is 31.7 Å². The number of nitrogens with zero attached hydrogens (tertiary/aromatic N) is 2. The van der Waals surface area contributed by atoms with Gasteiger partial charge >= 0.3 is 0 Å². The Balaban J connectivity index is 2.05. The van der Waals surface area contributed by atoms with Crippen molar-refractivity contribution in [3.05, 3.63) is 35.6 Å². The molecule has 1 aromatic carbocycles. The topological polar surface area (TPSA) is 41.6 Å². The molecule has 2 N–H and O–H groups in total. The van der Waals surface area contributed by atoms with Crippen LogP contribution < -0.4 is 5.73 Å². The van der Waals surface area contributed by atoms with Crippen LogP contribution in [0.15, 0.2) is 29.3 Å². The van der Waals surface area contributed by atoms with E-state index < -0.39 is 0 Å². The molecule has 1 saturated heterocycles. The van der Waals surface area contributed by atoms with Crippen molar-refractivity contribution in [2.45, 2.75) is 44.9 Å². The predicted molar refractivity (Wildman–Crippen MR) is 86.0 cm³/mol. The molecule has 1 heterocycles. The summed E-state index contributed by atoms with van der Waals surface area (Å²) in [5, 5.41) is 0. The largest absolute Gasteiger partial charge is 0.370 e. The molecular weight excluding hydrogens is 265 g/mol. The van der Waals surface area contributed by atoms with Gasteiger partial charge in [0.15, 0.2) is 5.96 Å². The molecule has 0 atom stereocenters. The number of likely N-dealkylation sites (tertiary alicyclic amines) is 1. The number of halogens is 1. The zero-order valence-corrected chi connectivity index (χ0v) is 13.1. The van der Waals surface area contributed by atoms with Crippen molar-refractivity contribution in [1.82, 2.24) is 4.90 Å². The van der Waals surface area contributed by atoms with Crippen molar-refractivity contribution in [2.24, 2.45) is 10.7 Å². The number of guanidine groups is 1. The summed E-state index contributed by atoms with van der Waals surface area (Å²) in [7, 11) is 0. The van der Waals surface area contributed by atoms with Crippen molar-refractivity contribution in [2.75, 3.05) is 19.6 Å². The van der Waals surface area contributed by atoms with Crippen molar-refractivity contribution >= 4 is 5.96 Å². The van der Waals surface area contributed by atoms with Crippen molar-refractivity contribution in [1.29, 1.82) is 0 Å². The molecule has 2 rings (SSSR count). The highest BCUT2D eigenvalue weighted by Gasteiger charge is 2.24. The lowest BCUT2D eigenvalue weighted by Crippen LogP contribution is -2.39. The summed E-state index contributed by atoms with van der Waals surface area (Å²) in [5.41, 5.74) is 6.46. The molecule has 0 radical (unpaired) electrons. The number of rotatable bonds is 3. The van der Waals surface area contributed by atoms with Crippen LogP contribution in [0.4, 0.5) is 4.39 Å². The molecule has 0 bridgehead atoms. The van der Waals surface area contributed by atoms with Crippen LogP contribution in [0, 0.1) is 5.82 Å². The van der Waals surface area contributed by atoms with Crippen LogP contribution in [-0.4, -0.2) is 30.5 Å². The molecule has 1 aliphatic heterocycles. The molecule has 0 amide bonds. The lowest BCUT2D eigenvalue weighted by Gasteiger charge is -2.26. The quantitative estimate of drug-likeness (QED) is 0.686. The first-order valence-corrected chi connectivity index (χ1v) is 7.80. The Morgan fingerprint density at radius 1 is 1.19 bits per heavy atom. The first-order chi connectivity index (χ1) is 10.0. The van der Waals surface area contributed by atoms with E-state index in [4.69, 9.17) is 5.73 Å². The minimum Gasteiger partial charge on any atom is -0.370 e. The Bertz CT molecular complexity index is 489. The highest BCUT2D eigenvalue weighted by Crippen LogP contribution is 2.26. The van der Waals surface area contributed by atoms with E-state index in [1.54, 1.807) is 6.07 Å². The Morgan fingerprint density at radius 2 is 1.81 bits per heavy atom. The van der Waals surface area contributed by atoms with Crippen LogP contribution in [0.1, 0.15) is 45.1 Å². The van der Waals surface area contributed by atoms with Crippen molar-refractivity contribution in [3.8, 4) is 0 Å². The summed E-state index contributed by atoms with van der Waals surface area (Å²) < 4.78 is 13.9. The molecule has 1 aliphatic rings. The van der Waals surface area contributed by atoms with E-state index in [0.717, 1.165) is 13.1 Å². The number of aliphatic imine (C=N–C) groups is 1. The van der Waals surface area contributed by atoms with E-state index in [1.807, 2.05) is 26.0 Å². The maximum atomic E-state index is 13.9. The molecular formula is C17H26FN3. The molecule has 1 aromatic rings. The van der Waals surface area contributed by atoms with Crippen LogP contribution in [0.5, 0.6) is 0 Å². The number of hydrogen-bond donors (Lipinski definition) is 1. The van der Waals surface area contributed by atoms with Crippen LogP contribution in [0.2, 0.25) is 0 Å². The summed E-state index contributed by atoms with van der Waals surface area (Å²) in [6.45, 7) is 6.47. The van der Waals surface area contributed by atoms with Gasteiger partial charge in [-0.3, -0.25) is 4.99 Å². The molecule has 21 heavy (non-hydrogen) atoms. The maximum Gasteiger partial charge on any atom is 0.191 e.